The van der Waals surface area contributed by atoms with Crippen LogP contribution in [0.4, 0.5) is 0 Å². The van der Waals surface area contributed by atoms with Gasteiger partial charge in [-0.3, -0.25) is 0 Å². The molecule has 0 amide bonds. The van der Waals surface area contributed by atoms with Crippen LogP contribution in [-0.2, 0) is 0 Å². The Bertz CT molecular complexity index is 1240. The Morgan fingerprint density at radius 2 is 1.89 bits per heavy atom. The van der Waals surface area contributed by atoms with Crippen molar-refractivity contribution in [1.82, 2.24) is 19.9 Å². The van der Waals surface area contributed by atoms with Gasteiger partial charge in [0, 0.05) is 17.0 Å². The van der Waals surface area contributed by atoms with Crippen LogP contribution in [0.25, 0.3) is 22.4 Å². The van der Waals surface area contributed by atoms with Crippen molar-refractivity contribution in [2.75, 3.05) is 19.6 Å². The van der Waals surface area contributed by atoms with Crippen molar-refractivity contribution in [1.29, 1.82) is 0 Å². The molecule has 0 radical (unpaired) electrons. The van der Waals surface area contributed by atoms with Gasteiger partial charge in [0.2, 0.25) is 0 Å². The van der Waals surface area contributed by atoms with Gasteiger partial charge in [-0.15, -0.1) is 0 Å². The lowest BCUT2D eigenvalue weighted by Gasteiger charge is -2.41. The van der Waals surface area contributed by atoms with Crippen LogP contribution in [0, 0.1) is 23.7 Å². The summed E-state index contributed by atoms with van der Waals surface area (Å²) in [5, 5.41) is 10.7. The number of fused-ring (bicyclic) bond motifs is 1. The predicted molar refractivity (Wildman–Crippen MR) is 139 cm³/mol. The van der Waals surface area contributed by atoms with Crippen LogP contribution in [0.1, 0.15) is 52.0 Å². The highest BCUT2D eigenvalue weighted by Gasteiger charge is 2.40. The smallest absolute Gasteiger partial charge is 0.296 e. The van der Waals surface area contributed by atoms with Gasteiger partial charge in [0.25, 0.3) is 6.01 Å². The summed E-state index contributed by atoms with van der Waals surface area (Å²) >= 11 is 6.58. The number of pyridine rings is 1. The second-order valence-corrected chi connectivity index (χ2v) is 10.8. The summed E-state index contributed by atoms with van der Waals surface area (Å²) in [4.78, 5) is 14.9. The van der Waals surface area contributed by atoms with E-state index in [9.17, 15) is 5.11 Å². The summed E-state index contributed by atoms with van der Waals surface area (Å²) in [5.41, 5.74) is 3.25. The van der Waals surface area contributed by atoms with E-state index in [4.69, 9.17) is 21.3 Å². The summed E-state index contributed by atoms with van der Waals surface area (Å²) in [6, 6.07) is 10.4. The van der Waals surface area contributed by atoms with Crippen LogP contribution < -0.4 is 4.74 Å². The Morgan fingerprint density at radius 1 is 1.17 bits per heavy atom. The van der Waals surface area contributed by atoms with Gasteiger partial charge in [-0.05, 0) is 83.3 Å². The first kappa shape index (κ1) is 24.1. The quantitative estimate of drug-likeness (QED) is 0.473. The molecule has 2 aromatic heterocycles. The maximum Gasteiger partial charge on any atom is 0.296 e. The number of rotatable bonds is 5. The second kappa shape index (κ2) is 9.81. The van der Waals surface area contributed by atoms with Crippen LogP contribution in [0.15, 0.2) is 30.3 Å². The van der Waals surface area contributed by atoms with Crippen molar-refractivity contribution in [3.63, 3.8) is 0 Å². The number of aromatic amines is 1. The molecule has 0 unspecified atom stereocenters. The Kier molecular flexibility index (Phi) is 6.76. The van der Waals surface area contributed by atoms with Gasteiger partial charge in [-0.2, -0.15) is 4.98 Å². The average Bonchev–Trinajstić information content (AvgIpc) is 3.20. The van der Waals surface area contributed by atoms with Crippen molar-refractivity contribution in [2.45, 2.75) is 58.2 Å². The van der Waals surface area contributed by atoms with Crippen LogP contribution in [-0.4, -0.2) is 56.3 Å². The first-order valence-electron chi connectivity index (χ1n) is 12.6. The Labute approximate surface area is 212 Å². The van der Waals surface area contributed by atoms with E-state index < -0.39 is 5.60 Å². The zero-order valence-electron chi connectivity index (χ0n) is 20.6. The predicted octanol–water partition coefficient (Wildman–Crippen LogP) is 5.29. The molecule has 3 aromatic rings. The maximum absolute atomic E-state index is 10.1. The van der Waals surface area contributed by atoms with Gasteiger partial charge in [0.15, 0.2) is 5.65 Å². The van der Waals surface area contributed by atoms with Gasteiger partial charge in [-0.25, -0.2) is 4.98 Å². The molecule has 0 atom stereocenters. The maximum atomic E-state index is 10.1. The minimum Gasteiger partial charge on any atom is -0.461 e. The van der Waals surface area contributed by atoms with Crippen LogP contribution in [0.5, 0.6) is 6.01 Å². The lowest BCUT2D eigenvalue weighted by molar-refractivity contribution is -0.0692. The number of benzene rings is 1. The molecule has 1 aliphatic heterocycles. The number of aromatic nitrogens is 3. The van der Waals surface area contributed by atoms with Crippen molar-refractivity contribution in [3.8, 4) is 29.1 Å². The fourth-order valence-electron chi connectivity index (χ4n) is 4.84. The molecule has 1 saturated carbocycles. The number of likely N-dealkylation sites (tertiary alicyclic amines) is 1. The van der Waals surface area contributed by atoms with E-state index in [1.807, 2.05) is 44.2 Å². The second-order valence-electron chi connectivity index (χ2n) is 10.3. The molecule has 2 aliphatic rings. The number of ether oxygens (including phenoxy) is 1. The topological polar surface area (TPSA) is 74.3 Å². The van der Waals surface area contributed by atoms with E-state index in [-0.39, 0.29) is 12.0 Å². The fourth-order valence-corrected chi connectivity index (χ4v) is 5.10. The Balaban J connectivity index is 1.26. The molecule has 0 bridgehead atoms. The number of H-pyrrole nitrogens is 1. The molecular formula is C28H33ClN4O2. The normalized spacial score (nSPS) is 21.4. The van der Waals surface area contributed by atoms with Crippen LogP contribution in [0.2, 0.25) is 5.02 Å². The number of hydrogen-bond acceptors (Lipinski definition) is 5. The largest absolute Gasteiger partial charge is 0.461 e. The summed E-state index contributed by atoms with van der Waals surface area (Å²) < 4.78 is 5.97. The number of aliphatic hydroxyl groups is 1. The Morgan fingerprint density at radius 3 is 2.54 bits per heavy atom. The number of halogens is 1. The summed E-state index contributed by atoms with van der Waals surface area (Å²) in [7, 11) is 0. The van der Waals surface area contributed by atoms with E-state index in [2.05, 4.69) is 33.6 Å². The highest BCUT2D eigenvalue weighted by molar-refractivity contribution is 6.33. The molecule has 1 aromatic carbocycles. The lowest BCUT2D eigenvalue weighted by atomic mass is 9.72. The van der Waals surface area contributed by atoms with Gasteiger partial charge in [-0.1, -0.05) is 42.5 Å². The van der Waals surface area contributed by atoms with Crippen molar-refractivity contribution >= 4 is 22.8 Å². The SMILES string of the molecule is CCN1CCC(C#Cc2ccc(-c3nc4nc(OC5CC(C(C)(C)O)C5)[nH]c4cc3Cl)cc2)CC1. The summed E-state index contributed by atoms with van der Waals surface area (Å²) in [6.07, 6.45) is 3.97. The highest BCUT2D eigenvalue weighted by Crippen LogP contribution is 2.38. The molecule has 3 heterocycles. The monoisotopic (exact) mass is 492 g/mol. The van der Waals surface area contributed by atoms with E-state index in [0.717, 1.165) is 62.0 Å². The third kappa shape index (κ3) is 5.48. The standard InChI is InChI=1S/C28H33ClN4O2/c1-4-33-13-11-19(12-14-33)6-5-18-7-9-20(10-8-18)25-23(29)17-24-26(31-25)32-27(30-24)35-22-15-21(16-22)28(2,3)34/h7-10,17,19,21-22,34H,4,11-16H2,1-3H3,(H,30,31,32). The molecule has 184 valence electrons. The summed E-state index contributed by atoms with van der Waals surface area (Å²) in [5.74, 6) is 7.53. The Hall–Kier alpha value is -2.59. The van der Waals surface area contributed by atoms with Gasteiger partial charge < -0.3 is 19.7 Å². The molecule has 0 spiro atoms. The third-order valence-electron chi connectivity index (χ3n) is 7.39. The first-order chi connectivity index (χ1) is 16.8. The van der Waals surface area contributed by atoms with Crippen molar-refractivity contribution in [3.05, 3.63) is 40.9 Å². The molecule has 5 rings (SSSR count). The number of hydrogen-bond donors (Lipinski definition) is 2. The van der Waals surface area contributed by atoms with Gasteiger partial charge in [0.05, 0.1) is 21.8 Å². The molecule has 7 heteroatoms. The minimum atomic E-state index is -0.675. The van der Waals surface area contributed by atoms with Crippen LogP contribution >= 0.6 is 11.6 Å². The number of piperidine rings is 1. The average molecular weight is 493 g/mol. The van der Waals surface area contributed by atoms with Gasteiger partial charge in [0.1, 0.15) is 6.10 Å². The molecule has 2 N–H and O–H groups in total. The van der Waals surface area contributed by atoms with E-state index in [0.29, 0.717) is 28.3 Å². The minimum absolute atomic E-state index is 0.0507. The molecule has 6 nitrogen and oxygen atoms in total. The summed E-state index contributed by atoms with van der Waals surface area (Å²) in [6.45, 7) is 9.32. The lowest BCUT2D eigenvalue weighted by Crippen LogP contribution is -2.45. The zero-order valence-corrected chi connectivity index (χ0v) is 21.4. The first-order valence-corrected chi connectivity index (χ1v) is 13.0. The van der Waals surface area contributed by atoms with E-state index in [1.54, 1.807) is 0 Å². The molecule has 35 heavy (non-hydrogen) atoms. The molecule has 1 aliphatic carbocycles. The van der Waals surface area contributed by atoms with Crippen molar-refractivity contribution < 1.29 is 9.84 Å². The zero-order chi connectivity index (χ0) is 24.6. The van der Waals surface area contributed by atoms with E-state index >= 15 is 0 Å². The van der Waals surface area contributed by atoms with Crippen molar-refractivity contribution in [2.24, 2.45) is 11.8 Å². The number of nitrogens with zero attached hydrogens (tertiary/aromatic N) is 3. The molecular weight excluding hydrogens is 460 g/mol. The van der Waals surface area contributed by atoms with E-state index in [1.165, 1.54) is 0 Å². The van der Waals surface area contributed by atoms with Gasteiger partial charge >= 0.3 is 0 Å². The number of imidazole rings is 1. The third-order valence-corrected chi connectivity index (χ3v) is 7.68. The highest BCUT2D eigenvalue weighted by atomic mass is 35.5. The molecule has 2 fully saturated rings. The molecule has 1 saturated heterocycles. The van der Waals surface area contributed by atoms with Crippen LogP contribution in [0.3, 0.4) is 0 Å². The fraction of sp³-hybridized carbons (Fsp3) is 0.500. The number of nitrogens with one attached hydrogen (secondary N) is 1.